The minimum atomic E-state index is 0.537. The van der Waals surface area contributed by atoms with E-state index in [-0.39, 0.29) is 0 Å². The molecule has 0 aliphatic rings. The van der Waals surface area contributed by atoms with Gasteiger partial charge in [-0.25, -0.2) is 15.0 Å². The molecule has 4 nitrogen and oxygen atoms in total. The summed E-state index contributed by atoms with van der Waals surface area (Å²) in [6, 6.07) is 9.38. The van der Waals surface area contributed by atoms with E-state index in [4.69, 9.17) is 11.6 Å². The summed E-state index contributed by atoms with van der Waals surface area (Å²) in [5.41, 5.74) is 1.87. The molecule has 3 rings (SSSR count). The molecule has 0 spiro atoms. The molecule has 3 aromatic rings. The van der Waals surface area contributed by atoms with Gasteiger partial charge in [0, 0.05) is 28.4 Å². The lowest BCUT2D eigenvalue weighted by Gasteiger charge is -1.99. The third-order valence-electron chi connectivity index (χ3n) is 2.41. The van der Waals surface area contributed by atoms with Gasteiger partial charge in [-0.3, -0.25) is 0 Å². The first kappa shape index (κ1) is 12.1. The Balaban J connectivity index is 1.84. The van der Waals surface area contributed by atoms with Gasteiger partial charge < -0.3 is 5.32 Å². The van der Waals surface area contributed by atoms with Crippen molar-refractivity contribution in [2.24, 2.45) is 0 Å². The van der Waals surface area contributed by atoms with Crippen LogP contribution in [0.3, 0.4) is 0 Å². The van der Waals surface area contributed by atoms with E-state index in [9.17, 15) is 0 Å². The van der Waals surface area contributed by atoms with Crippen LogP contribution in [0.1, 0.15) is 0 Å². The van der Waals surface area contributed by atoms with E-state index >= 15 is 0 Å². The van der Waals surface area contributed by atoms with Crippen LogP contribution in [0.15, 0.2) is 48.1 Å². The Morgan fingerprint density at radius 2 is 1.95 bits per heavy atom. The van der Waals surface area contributed by atoms with Crippen LogP contribution in [-0.2, 0) is 0 Å². The van der Waals surface area contributed by atoms with Gasteiger partial charge in [-0.2, -0.15) is 0 Å². The Morgan fingerprint density at radius 3 is 2.74 bits per heavy atom. The van der Waals surface area contributed by atoms with Crippen molar-refractivity contribution >= 4 is 34.0 Å². The van der Waals surface area contributed by atoms with Crippen LogP contribution in [-0.4, -0.2) is 15.0 Å². The second-order valence-electron chi connectivity index (χ2n) is 3.75. The third kappa shape index (κ3) is 2.89. The predicted molar refractivity (Wildman–Crippen MR) is 77.9 cm³/mol. The van der Waals surface area contributed by atoms with Crippen LogP contribution >= 0.6 is 22.9 Å². The fourth-order valence-corrected chi connectivity index (χ4v) is 2.47. The van der Waals surface area contributed by atoms with Crippen molar-refractivity contribution in [3.8, 4) is 11.3 Å². The van der Waals surface area contributed by atoms with Crippen LogP contribution in [0.25, 0.3) is 11.3 Å². The van der Waals surface area contributed by atoms with E-state index in [1.807, 2.05) is 29.6 Å². The third-order valence-corrected chi connectivity index (χ3v) is 3.40. The van der Waals surface area contributed by atoms with Gasteiger partial charge in [-0.15, -0.1) is 11.3 Å². The Kier molecular flexibility index (Phi) is 3.39. The van der Waals surface area contributed by atoms with Gasteiger partial charge in [0.25, 0.3) is 0 Å². The lowest BCUT2D eigenvalue weighted by atomic mass is 10.2. The molecule has 6 heteroatoms. The number of halogens is 1. The molecule has 0 fully saturated rings. The molecule has 0 saturated heterocycles. The summed E-state index contributed by atoms with van der Waals surface area (Å²) >= 11 is 7.47. The Morgan fingerprint density at radius 1 is 1.11 bits per heavy atom. The van der Waals surface area contributed by atoms with Crippen LogP contribution in [0.5, 0.6) is 0 Å². The largest absolute Gasteiger partial charge is 0.300 e. The molecule has 0 unspecified atom stereocenters. The minimum absolute atomic E-state index is 0.537. The maximum absolute atomic E-state index is 5.97. The maximum atomic E-state index is 5.97. The molecule has 2 aromatic heterocycles. The van der Waals surface area contributed by atoms with Gasteiger partial charge in [-0.05, 0) is 18.2 Å². The number of hydrogen-bond acceptors (Lipinski definition) is 5. The molecule has 0 aliphatic carbocycles. The highest BCUT2D eigenvalue weighted by Crippen LogP contribution is 2.27. The number of aromatic nitrogens is 3. The van der Waals surface area contributed by atoms with Gasteiger partial charge in [-0.1, -0.05) is 23.7 Å². The summed E-state index contributed by atoms with van der Waals surface area (Å²) in [4.78, 5) is 12.7. The molecule has 0 saturated carbocycles. The summed E-state index contributed by atoms with van der Waals surface area (Å²) in [5, 5.41) is 6.48. The summed E-state index contributed by atoms with van der Waals surface area (Å²) in [6.07, 6.45) is 3.36. The first-order chi connectivity index (χ1) is 9.31. The van der Waals surface area contributed by atoms with E-state index in [1.165, 1.54) is 11.3 Å². The Bertz CT molecular complexity index is 684. The Hall–Kier alpha value is -1.98. The van der Waals surface area contributed by atoms with Gasteiger partial charge in [0.1, 0.15) is 0 Å². The predicted octanol–water partition coefficient (Wildman–Crippen LogP) is 4.00. The van der Waals surface area contributed by atoms with Crippen molar-refractivity contribution in [3.05, 3.63) is 53.1 Å². The SMILES string of the molecule is Clc1cccc(-c2csc(Nc3ncccn3)n2)c1. The minimum Gasteiger partial charge on any atom is -0.300 e. The topological polar surface area (TPSA) is 50.7 Å². The summed E-state index contributed by atoms with van der Waals surface area (Å²) in [7, 11) is 0. The average molecular weight is 289 g/mol. The highest BCUT2D eigenvalue weighted by Gasteiger charge is 2.06. The highest BCUT2D eigenvalue weighted by molar-refractivity contribution is 7.14. The Labute approximate surface area is 119 Å². The molecule has 0 atom stereocenters. The lowest BCUT2D eigenvalue weighted by Crippen LogP contribution is -1.94. The van der Waals surface area contributed by atoms with Crippen LogP contribution < -0.4 is 5.32 Å². The second kappa shape index (κ2) is 5.34. The van der Waals surface area contributed by atoms with E-state index in [1.54, 1.807) is 18.5 Å². The van der Waals surface area contributed by atoms with E-state index in [2.05, 4.69) is 20.3 Å². The zero-order valence-electron chi connectivity index (χ0n) is 9.75. The van der Waals surface area contributed by atoms with Crippen LogP contribution in [0.2, 0.25) is 5.02 Å². The number of benzene rings is 1. The molecular weight excluding hydrogens is 280 g/mol. The summed E-state index contributed by atoms with van der Waals surface area (Å²) in [5.74, 6) is 0.537. The first-order valence-electron chi connectivity index (χ1n) is 5.57. The molecular formula is C13H9ClN4S. The quantitative estimate of drug-likeness (QED) is 0.791. The van der Waals surface area contributed by atoms with Crippen molar-refractivity contribution in [3.63, 3.8) is 0 Å². The normalized spacial score (nSPS) is 10.4. The molecule has 19 heavy (non-hydrogen) atoms. The smallest absolute Gasteiger partial charge is 0.228 e. The zero-order chi connectivity index (χ0) is 13.1. The van der Waals surface area contributed by atoms with Gasteiger partial charge >= 0.3 is 0 Å². The molecule has 1 N–H and O–H groups in total. The average Bonchev–Trinajstić information content (AvgIpc) is 2.88. The van der Waals surface area contributed by atoms with Crippen LogP contribution in [0, 0.1) is 0 Å². The number of anilines is 2. The fraction of sp³-hybridized carbons (Fsp3) is 0. The molecule has 94 valence electrons. The fourth-order valence-electron chi connectivity index (χ4n) is 1.57. The number of nitrogens with one attached hydrogen (secondary N) is 1. The molecule has 0 radical (unpaired) electrons. The number of nitrogens with zero attached hydrogens (tertiary/aromatic N) is 3. The van der Waals surface area contributed by atoms with Gasteiger partial charge in [0.05, 0.1) is 5.69 Å². The number of rotatable bonds is 3. The molecule has 2 heterocycles. The van der Waals surface area contributed by atoms with Crippen molar-refractivity contribution in [2.75, 3.05) is 5.32 Å². The van der Waals surface area contributed by atoms with Crippen molar-refractivity contribution in [1.29, 1.82) is 0 Å². The van der Waals surface area contributed by atoms with Crippen LogP contribution in [0.4, 0.5) is 11.1 Å². The standard InChI is InChI=1S/C13H9ClN4S/c14-10-4-1-3-9(7-10)11-8-19-13(17-11)18-12-15-5-2-6-16-12/h1-8H,(H,15,16,17,18). The molecule has 0 amide bonds. The molecule has 0 bridgehead atoms. The summed E-state index contributed by atoms with van der Waals surface area (Å²) in [6.45, 7) is 0. The van der Waals surface area contributed by atoms with E-state index < -0.39 is 0 Å². The number of hydrogen-bond donors (Lipinski definition) is 1. The van der Waals surface area contributed by atoms with E-state index in [0.29, 0.717) is 11.0 Å². The summed E-state index contributed by atoms with van der Waals surface area (Å²) < 4.78 is 0. The highest BCUT2D eigenvalue weighted by atomic mass is 35.5. The van der Waals surface area contributed by atoms with Crippen molar-refractivity contribution in [2.45, 2.75) is 0 Å². The van der Waals surface area contributed by atoms with Gasteiger partial charge in [0.2, 0.25) is 5.95 Å². The van der Waals surface area contributed by atoms with Crippen molar-refractivity contribution < 1.29 is 0 Å². The van der Waals surface area contributed by atoms with Gasteiger partial charge in [0.15, 0.2) is 5.13 Å². The zero-order valence-corrected chi connectivity index (χ0v) is 11.3. The maximum Gasteiger partial charge on any atom is 0.228 e. The number of thiazole rings is 1. The second-order valence-corrected chi connectivity index (χ2v) is 5.04. The van der Waals surface area contributed by atoms with Crippen molar-refractivity contribution in [1.82, 2.24) is 15.0 Å². The lowest BCUT2D eigenvalue weighted by molar-refractivity contribution is 1.16. The molecule has 1 aromatic carbocycles. The first-order valence-corrected chi connectivity index (χ1v) is 6.82. The van der Waals surface area contributed by atoms with E-state index in [0.717, 1.165) is 16.4 Å². The molecule has 0 aliphatic heterocycles. The monoisotopic (exact) mass is 288 g/mol.